The van der Waals surface area contributed by atoms with E-state index in [1.165, 1.54) is 6.42 Å². The number of rotatable bonds is 4. The molecule has 0 aromatic heterocycles. The van der Waals surface area contributed by atoms with Gasteiger partial charge in [-0.15, -0.1) is 0 Å². The summed E-state index contributed by atoms with van der Waals surface area (Å²) in [5, 5.41) is 9.34. The Labute approximate surface area is 86.1 Å². The van der Waals surface area contributed by atoms with Crippen LogP contribution in [0.15, 0.2) is 0 Å². The van der Waals surface area contributed by atoms with Crippen molar-refractivity contribution >= 4 is 5.97 Å². The third-order valence-electron chi connectivity index (χ3n) is 3.37. The molecule has 0 saturated heterocycles. The van der Waals surface area contributed by atoms with Crippen molar-refractivity contribution in [3.8, 4) is 0 Å². The van der Waals surface area contributed by atoms with Crippen molar-refractivity contribution in [2.75, 3.05) is 13.6 Å². The molecule has 1 rings (SSSR count). The first-order valence-corrected chi connectivity index (χ1v) is 5.58. The van der Waals surface area contributed by atoms with E-state index in [-0.39, 0.29) is 0 Å². The number of carbonyl (C=O) groups is 1. The van der Waals surface area contributed by atoms with Crippen LogP contribution < -0.4 is 0 Å². The Balaban J connectivity index is 2.74. The largest absolute Gasteiger partial charge is 0.480 e. The van der Waals surface area contributed by atoms with Gasteiger partial charge in [0, 0.05) is 0 Å². The zero-order valence-electron chi connectivity index (χ0n) is 9.25. The molecule has 0 aliphatic heterocycles. The van der Waals surface area contributed by atoms with E-state index in [0.29, 0.717) is 0 Å². The minimum Gasteiger partial charge on any atom is -0.480 e. The van der Waals surface area contributed by atoms with E-state index in [2.05, 4.69) is 6.92 Å². The summed E-state index contributed by atoms with van der Waals surface area (Å²) in [5.74, 6) is -0.631. The number of nitrogens with zero attached hydrogens (tertiary/aromatic N) is 1. The van der Waals surface area contributed by atoms with E-state index < -0.39 is 11.5 Å². The Morgan fingerprint density at radius 1 is 1.36 bits per heavy atom. The molecule has 1 fully saturated rings. The van der Waals surface area contributed by atoms with Gasteiger partial charge in [-0.2, -0.15) is 0 Å². The molecule has 1 N–H and O–H groups in total. The molecule has 0 atom stereocenters. The van der Waals surface area contributed by atoms with Crippen molar-refractivity contribution < 1.29 is 9.90 Å². The van der Waals surface area contributed by atoms with E-state index in [0.717, 1.165) is 38.6 Å². The Kier molecular flexibility index (Phi) is 3.93. The van der Waals surface area contributed by atoms with Crippen LogP contribution in [0.25, 0.3) is 0 Å². The first-order valence-electron chi connectivity index (χ1n) is 5.58. The topological polar surface area (TPSA) is 40.5 Å². The van der Waals surface area contributed by atoms with Crippen LogP contribution in [0.4, 0.5) is 0 Å². The van der Waals surface area contributed by atoms with Gasteiger partial charge in [-0.05, 0) is 32.9 Å². The summed E-state index contributed by atoms with van der Waals surface area (Å²) in [4.78, 5) is 13.4. The van der Waals surface area contributed by atoms with Crippen molar-refractivity contribution in [2.24, 2.45) is 0 Å². The van der Waals surface area contributed by atoms with Gasteiger partial charge in [0.05, 0.1) is 0 Å². The van der Waals surface area contributed by atoms with E-state index in [9.17, 15) is 9.90 Å². The molecule has 1 aliphatic rings. The van der Waals surface area contributed by atoms with E-state index >= 15 is 0 Å². The molecular formula is C11H21NO2. The normalized spacial score (nSPS) is 21.1. The van der Waals surface area contributed by atoms with Gasteiger partial charge in [-0.3, -0.25) is 9.69 Å². The first kappa shape index (κ1) is 11.5. The predicted octanol–water partition coefficient (Wildman–Crippen LogP) is 2.12. The van der Waals surface area contributed by atoms with Crippen LogP contribution in [0.1, 0.15) is 45.4 Å². The molecule has 0 aromatic rings. The maximum Gasteiger partial charge on any atom is 0.324 e. The molecule has 0 amide bonds. The highest BCUT2D eigenvalue weighted by Crippen LogP contribution is 2.33. The third-order valence-corrected chi connectivity index (χ3v) is 3.37. The van der Waals surface area contributed by atoms with Gasteiger partial charge in [0.2, 0.25) is 0 Å². The highest BCUT2D eigenvalue weighted by molar-refractivity contribution is 5.78. The van der Waals surface area contributed by atoms with Gasteiger partial charge in [0.1, 0.15) is 5.54 Å². The fourth-order valence-electron chi connectivity index (χ4n) is 2.44. The van der Waals surface area contributed by atoms with Crippen LogP contribution >= 0.6 is 0 Å². The standard InChI is InChI=1S/C11H21NO2/c1-3-9-12(2)11(10(13)14)7-5-4-6-8-11/h3-9H2,1-2H3,(H,13,14). The van der Waals surface area contributed by atoms with Crippen LogP contribution in [0.2, 0.25) is 0 Å². The summed E-state index contributed by atoms with van der Waals surface area (Å²) in [6.07, 6.45) is 5.96. The number of likely N-dealkylation sites (N-methyl/N-ethyl adjacent to an activating group) is 1. The number of hydrogen-bond acceptors (Lipinski definition) is 2. The fourth-order valence-corrected chi connectivity index (χ4v) is 2.44. The maximum absolute atomic E-state index is 11.4. The minimum atomic E-state index is -0.631. The SMILES string of the molecule is CCCN(C)C1(C(=O)O)CCCCC1. The Morgan fingerprint density at radius 2 is 1.93 bits per heavy atom. The lowest BCUT2D eigenvalue weighted by molar-refractivity contribution is -0.153. The fraction of sp³-hybridized carbons (Fsp3) is 0.909. The molecule has 0 aromatic carbocycles. The zero-order chi connectivity index (χ0) is 10.6. The van der Waals surface area contributed by atoms with Gasteiger partial charge in [-0.1, -0.05) is 26.2 Å². The van der Waals surface area contributed by atoms with Crippen molar-refractivity contribution in [3.63, 3.8) is 0 Å². The lowest BCUT2D eigenvalue weighted by Gasteiger charge is -2.40. The summed E-state index contributed by atoms with van der Waals surface area (Å²) in [6.45, 7) is 2.97. The Bertz CT molecular complexity index is 197. The lowest BCUT2D eigenvalue weighted by Crippen LogP contribution is -2.54. The molecule has 0 bridgehead atoms. The van der Waals surface area contributed by atoms with Gasteiger partial charge >= 0.3 is 5.97 Å². The monoisotopic (exact) mass is 199 g/mol. The molecule has 3 nitrogen and oxygen atoms in total. The van der Waals surface area contributed by atoms with E-state index in [4.69, 9.17) is 0 Å². The molecule has 3 heteroatoms. The number of carboxylic acids is 1. The third kappa shape index (κ3) is 2.08. The number of aliphatic carboxylic acids is 1. The molecule has 1 aliphatic carbocycles. The van der Waals surface area contributed by atoms with E-state index in [1.807, 2.05) is 11.9 Å². The second-order valence-corrected chi connectivity index (χ2v) is 4.32. The van der Waals surface area contributed by atoms with Crippen LogP contribution in [0.5, 0.6) is 0 Å². The molecule has 82 valence electrons. The Hall–Kier alpha value is -0.570. The molecular weight excluding hydrogens is 178 g/mol. The summed E-state index contributed by atoms with van der Waals surface area (Å²) in [6, 6.07) is 0. The minimum absolute atomic E-state index is 0.561. The number of hydrogen-bond donors (Lipinski definition) is 1. The number of carboxylic acid groups (broad SMARTS) is 1. The highest BCUT2D eigenvalue weighted by Gasteiger charge is 2.42. The average Bonchev–Trinajstić information content (AvgIpc) is 2.19. The maximum atomic E-state index is 11.4. The van der Waals surface area contributed by atoms with Crippen LogP contribution in [-0.4, -0.2) is 35.1 Å². The average molecular weight is 199 g/mol. The van der Waals surface area contributed by atoms with E-state index in [1.54, 1.807) is 0 Å². The smallest absolute Gasteiger partial charge is 0.324 e. The zero-order valence-corrected chi connectivity index (χ0v) is 9.25. The second-order valence-electron chi connectivity index (χ2n) is 4.32. The molecule has 0 radical (unpaired) electrons. The Morgan fingerprint density at radius 3 is 2.36 bits per heavy atom. The van der Waals surface area contributed by atoms with Crippen molar-refractivity contribution in [3.05, 3.63) is 0 Å². The van der Waals surface area contributed by atoms with Crippen molar-refractivity contribution in [1.29, 1.82) is 0 Å². The van der Waals surface area contributed by atoms with Crippen molar-refractivity contribution in [2.45, 2.75) is 51.0 Å². The summed E-state index contributed by atoms with van der Waals surface area (Å²) in [5.41, 5.74) is -0.561. The van der Waals surface area contributed by atoms with Crippen LogP contribution in [0.3, 0.4) is 0 Å². The van der Waals surface area contributed by atoms with Gasteiger partial charge in [0.15, 0.2) is 0 Å². The van der Waals surface area contributed by atoms with Gasteiger partial charge in [0.25, 0.3) is 0 Å². The van der Waals surface area contributed by atoms with Crippen molar-refractivity contribution in [1.82, 2.24) is 4.90 Å². The van der Waals surface area contributed by atoms with Gasteiger partial charge in [-0.25, -0.2) is 0 Å². The lowest BCUT2D eigenvalue weighted by atomic mass is 9.80. The molecule has 14 heavy (non-hydrogen) atoms. The summed E-state index contributed by atoms with van der Waals surface area (Å²) in [7, 11) is 1.95. The second kappa shape index (κ2) is 4.78. The predicted molar refractivity (Wildman–Crippen MR) is 56.4 cm³/mol. The van der Waals surface area contributed by atoms with Crippen LogP contribution in [-0.2, 0) is 4.79 Å². The summed E-state index contributed by atoms with van der Waals surface area (Å²) < 4.78 is 0. The highest BCUT2D eigenvalue weighted by atomic mass is 16.4. The quantitative estimate of drug-likeness (QED) is 0.754. The molecule has 0 unspecified atom stereocenters. The molecule has 1 saturated carbocycles. The molecule has 0 spiro atoms. The summed E-state index contributed by atoms with van der Waals surface area (Å²) >= 11 is 0. The molecule has 0 heterocycles. The van der Waals surface area contributed by atoms with Gasteiger partial charge < -0.3 is 5.11 Å². The first-order chi connectivity index (χ1) is 6.63. The van der Waals surface area contributed by atoms with Crippen LogP contribution in [0, 0.1) is 0 Å².